The molecule has 0 aliphatic carbocycles. The van der Waals surface area contributed by atoms with Gasteiger partial charge in [0.2, 0.25) is 0 Å². The highest BCUT2D eigenvalue weighted by Crippen LogP contribution is 2.40. The molecule has 6 nitrogen and oxygen atoms in total. The summed E-state index contributed by atoms with van der Waals surface area (Å²) >= 11 is 6.20. The van der Waals surface area contributed by atoms with Crippen LogP contribution in [0.1, 0.15) is 27.5 Å². The zero-order valence-corrected chi connectivity index (χ0v) is 17.2. The number of alkyl halides is 3. The molecule has 1 saturated heterocycles. The van der Waals surface area contributed by atoms with Crippen LogP contribution in [0.15, 0.2) is 36.4 Å². The molecule has 2 aliphatic rings. The van der Waals surface area contributed by atoms with Gasteiger partial charge in [-0.15, -0.1) is 0 Å². The minimum absolute atomic E-state index is 0.187. The second kappa shape index (κ2) is 8.25. The van der Waals surface area contributed by atoms with Gasteiger partial charge in [0.05, 0.1) is 12.0 Å². The second-order valence-electron chi connectivity index (χ2n) is 7.77. The van der Waals surface area contributed by atoms with Crippen molar-refractivity contribution < 1.29 is 32.3 Å². The van der Waals surface area contributed by atoms with Crippen LogP contribution in [-0.4, -0.2) is 47.8 Å². The topological polar surface area (TPSA) is 81.7 Å². The molecule has 3 N–H and O–H groups in total. The minimum atomic E-state index is -4.55. The number of likely N-dealkylation sites (tertiary alicyclic amines) is 1. The summed E-state index contributed by atoms with van der Waals surface area (Å²) in [6, 6.07) is 6.55. The maximum absolute atomic E-state index is 13.8. The first kappa shape index (κ1) is 22.3. The Hall–Kier alpha value is -2.85. The van der Waals surface area contributed by atoms with Crippen LogP contribution in [0, 0.1) is 17.7 Å². The van der Waals surface area contributed by atoms with Gasteiger partial charge in [0, 0.05) is 53.0 Å². The zero-order chi connectivity index (χ0) is 23.2. The van der Waals surface area contributed by atoms with Gasteiger partial charge in [0.15, 0.2) is 0 Å². The highest BCUT2D eigenvalue weighted by Gasteiger charge is 2.50. The average molecular weight is 472 g/mol. The Bertz CT molecular complexity index is 1080. The summed E-state index contributed by atoms with van der Waals surface area (Å²) < 4.78 is 53.5. The van der Waals surface area contributed by atoms with E-state index in [0.29, 0.717) is 5.56 Å². The number of aliphatic hydroxyl groups excluding tert-OH is 1. The van der Waals surface area contributed by atoms with Crippen LogP contribution in [0.25, 0.3) is 0 Å². The molecule has 32 heavy (non-hydrogen) atoms. The van der Waals surface area contributed by atoms with E-state index >= 15 is 0 Å². The van der Waals surface area contributed by atoms with Gasteiger partial charge in [0.25, 0.3) is 5.91 Å². The average Bonchev–Trinajstić information content (AvgIpc) is 3.32. The second-order valence-corrected chi connectivity index (χ2v) is 8.17. The van der Waals surface area contributed by atoms with E-state index in [1.807, 2.05) is 0 Å². The monoisotopic (exact) mass is 471 g/mol. The summed E-state index contributed by atoms with van der Waals surface area (Å²) in [5, 5.41) is 14.8. The van der Waals surface area contributed by atoms with Crippen LogP contribution in [0.5, 0.6) is 0 Å². The van der Waals surface area contributed by atoms with Crippen LogP contribution >= 0.6 is 11.6 Å². The predicted molar refractivity (Wildman–Crippen MR) is 108 cm³/mol. The van der Waals surface area contributed by atoms with Crippen molar-refractivity contribution in [2.24, 2.45) is 11.8 Å². The van der Waals surface area contributed by atoms with E-state index in [4.69, 9.17) is 11.6 Å². The molecule has 2 heterocycles. The van der Waals surface area contributed by atoms with E-state index in [-0.39, 0.29) is 28.4 Å². The normalized spacial score (nSPS) is 22.6. The molecular formula is C21H18ClF4N3O3. The molecule has 11 heteroatoms. The van der Waals surface area contributed by atoms with Gasteiger partial charge in [-0.2, -0.15) is 13.2 Å². The van der Waals surface area contributed by atoms with Crippen molar-refractivity contribution in [1.29, 1.82) is 0 Å². The Balaban J connectivity index is 1.64. The van der Waals surface area contributed by atoms with E-state index < -0.39 is 55.0 Å². The Morgan fingerprint density at radius 1 is 1.25 bits per heavy atom. The van der Waals surface area contributed by atoms with Crippen molar-refractivity contribution in [3.63, 3.8) is 0 Å². The van der Waals surface area contributed by atoms with E-state index in [2.05, 4.69) is 10.6 Å². The molecule has 2 aliphatic heterocycles. The standard InChI is InChI=1S/C21H18ClF4N3O3/c22-15-5-4-11(23)6-13(15)18-17-12(19(31)28-18)2-1-3-16(17)27-20(32)29-7-10(9-30)14(8-29)21(24,25)26/h1-6,10,14,18,30H,7-9H2,(H,27,32)(H,28,31)/t10-,14+,18-/m1/s1. The number of carbonyl (C=O) groups is 2. The van der Waals surface area contributed by atoms with Gasteiger partial charge in [-0.05, 0) is 30.3 Å². The van der Waals surface area contributed by atoms with E-state index in [1.165, 1.54) is 36.4 Å². The number of rotatable bonds is 3. The third kappa shape index (κ3) is 4.00. The molecule has 1 fully saturated rings. The number of urea groups is 1. The van der Waals surface area contributed by atoms with Crippen LogP contribution < -0.4 is 10.6 Å². The van der Waals surface area contributed by atoms with Gasteiger partial charge < -0.3 is 20.6 Å². The molecule has 2 aromatic carbocycles. The highest BCUT2D eigenvalue weighted by atomic mass is 35.5. The third-order valence-electron chi connectivity index (χ3n) is 5.81. The van der Waals surface area contributed by atoms with Crippen LogP contribution in [-0.2, 0) is 0 Å². The lowest BCUT2D eigenvalue weighted by Gasteiger charge is -2.21. The van der Waals surface area contributed by atoms with Gasteiger partial charge in [-0.3, -0.25) is 4.79 Å². The summed E-state index contributed by atoms with van der Waals surface area (Å²) in [7, 11) is 0. The smallest absolute Gasteiger partial charge is 0.393 e. The van der Waals surface area contributed by atoms with Crippen LogP contribution in [0.4, 0.5) is 28.0 Å². The number of nitrogens with zero attached hydrogens (tertiary/aromatic N) is 1. The largest absolute Gasteiger partial charge is 0.396 e. The fourth-order valence-electron chi connectivity index (χ4n) is 4.22. The fraction of sp³-hybridized carbons (Fsp3) is 0.333. The van der Waals surface area contributed by atoms with Crippen LogP contribution in [0.2, 0.25) is 5.02 Å². The quantitative estimate of drug-likeness (QED) is 0.593. The lowest BCUT2D eigenvalue weighted by molar-refractivity contribution is -0.182. The molecule has 0 bridgehead atoms. The van der Waals surface area contributed by atoms with Gasteiger partial charge in [-0.1, -0.05) is 17.7 Å². The molecule has 0 spiro atoms. The number of fused-ring (bicyclic) bond motifs is 1. The number of benzene rings is 2. The number of aliphatic hydroxyl groups is 1. The first-order valence-electron chi connectivity index (χ1n) is 9.72. The first-order chi connectivity index (χ1) is 15.1. The SMILES string of the molecule is O=C1N[C@H](c2cc(F)ccc2Cl)c2c(NC(=O)N3C[C@H](CO)[C@@H](C(F)(F)F)C3)cccc21. The summed E-state index contributed by atoms with van der Waals surface area (Å²) in [5.74, 6) is -3.98. The van der Waals surface area contributed by atoms with Crippen molar-refractivity contribution in [3.05, 3.63) is 63.9 Å². The fourth-order valence-corrected chi connectivity index (χ4v) is 4.45. The number of amides is 3. The maximum Gasteiger partial charge on any atom is 0.393 e. The van der Waals surface area contributed by atoms with Crippen molar-refractivity contribution in [1.82, 2.24) is 10.2 Å². The number of halogens is 5. The summed E-state index contributed by atoms with van der Waals surface area (Å²) in [4.78, 5) is 26.2. The zero-order valence-electron chi connectivity index (χ0n) is 16.4. The highest BCUT2D eigenvalue weighted by molar-refractivity contribution is 6.31. The molecule has 0 aromatic heterocycles. The molecule has 3 atom stereocenters. The predicted octanol–water partition coefficient (Wildman–Crippen LogP) is 3.95. The number of carbonyl (C=O) groups excluding carboxylic acids is 2. The summed E-state index contributed by atoms with van der Waals surface area (Å²) in [6.45, 7) is -1.56. The van der Waals surface area contributed by atoms with Crippen LogP contribution in [0.3, 0.4) is 0 Å². The Labute approximate surface area is 185 Å². The van der Waals surface area contributed by atoms with Gasteiger partial charge in [0.1, 0.15) is 5.82 Å². The Morgan fingerprint density at radius 2 is 2.00 bits per heavy atom. The third-order valence-corrected chi connectivity index (χ3v) is 6.15. The van der Waals surface area contributed by atoms with Gasteiger partial charge >= 0.3 is 12.2 Å². The lowest BCUT2D eigenvalue weighted by Crippen LogP contribution is -2.35. The Morgan fingerprint density at radius 3 is 2.66 bits per heavy atom. The van der Waals surface area contributed by atoms with E-state index in [0.717, 1.165) is 4.90 Å². The maximum atomic E-state index is 13.8. The van der Waals surface area contributed by atoms with E-state index in [9.17, 15) is 32.3 Å². The molecule has 3 amide bonds. The Kier molecular flexibility index (Phi) is 5.76. The number of nitrogens with one attached hydrogen (secondary N) is 2. The van der Waals surface area contributed by atoms with Crippen molar-refractivity contribution in [2.75, 3.05) is 25.0 Å². The number of hydrogen-bond acceptors (Lipinski definition) is 3. The molecule has 0 unspecified atom stereocenters. The lowest BCUT2D eigenvalue weighted by atomic mass is 9.96. The molecule has 2 aromatic rings. The molecule has 170 valence electrons. The molecule has 0 radical (unpaired) electrons. The minimum Gasteiger partial charge on any atom is -0.396 e. The number of anilines is 1. The van der Waals surface area contributed by atoms with Crippen molar-refractivity contribution in [3.8, 4) is 0 Å². The van der Waals surface area contributed by atoms with Crippen molar-refractivity contribution in [2.45, 2.75) is 12.2 Å². The summed E-state index contributed by atoms with van der Waals surface area (Å²) in [6.07, 6.45) is -4.55. The number of hydrogen-bond donors (Lipinski definition) is 3. The van der Waals surface area contributed by atoms with E-state index in [1.54, 1.807) is 0 Å². The molecular weight excluding hydrogens is 454 g/mol. The first-order valence-corrected chi connectivity index (χ1v) is 10.1. The summed E-state index contributed by atoms with van der Waals surface area (Å²) in [5.41, 5.74) is 1.03. The molecule has 4 rings (SSSR count). The molecule has 0 saturated carbocycles. The van der Waals surface area contributed by atoms with Gasteiger partial charge in [-0.25, -0.2) is 9.18 Å². The van der Waals surface area contributed by atoms with Crippen molar-refractivity contribution >= 4 is 29.2 Å².